The molecule has 0 saturated carbocycles. The van der Waals surface area contributed by atoms with Crippen LogP contribution in [0.1, 0.15) is 65.9 Å². The molecule has 35 heavy (non-hydrogen) atoms. The average molecular weight is 469 g/mol. The summed E-state index contributed by atoms with van der Waals surface area (Å²) in [5.41, 5.74) is 6.16. The van der Waals surface area contributed by atoms with Crippen molar-refractivity contribution in [1.29, 1.82) is 0 Å². The van der Waals surface area contributed by atoms with E-state index in [1.807, 2.05) is 12.1 Å². The number of aromatic carboxylic acids is 1. The second kappa shape index (κ2) is 9.03. The molecular weight excluding hydrogens is 436 g/mol. The van der Waals surface area contributed by atoms with Gasteiger partial charge in [0.15, 0.2) is 0 Å². The molecule has 3 aliphatic rings. The van der Waals surface area contributed by atoms with Crippen molar-refractivity contribution in [2.75, 3.05) is 13.1 Å². The number of likely N-dealkylation sites (tertiary alicyclic amines) is 1. The van der Waals surface area contributed by atoms with Crippen LogP contribution >= 0.6 is 0 Å². The zero-order valence-corrected chi connectivity index (χ0v) is 20.1. The molecule has 1 saturated heterocycles. The highest BCUT2D eigenvalue weighted by Gasteiger charge is 2.34. The monoisotopic (exact) mass is 468 g/mol. The summed E-state index contributed by atoms with van der Waals surface area (Å²) in [6.07, 6.45) is 11.7. The van der Waals surface area contributed by atoms with Gasteiger partial charge in [-0.2, -0.15) is 0 Å². The molecule has 1 fully saturated rings. The summed E-state index contributed by atoms with van der Waals surface area (Å²) in [4.78, 5) is 27.7. The molecule has 1 amide bonds. The van der Waals surface area contributed by atoms with Gasteiger partial charge in [0.2, 0.25) is 5.91 Å². The summed E-state index contributed by atoms with van der Waals surface area (Å²) in [7, 11) is 0. The molecule has 2 aliphatic heterocycles. The number of piperidine rings is 1. The molecule has 2 unspecified atom stereocenters. The second-order valence-electron chi connectivity index (χ2n) is 10.3. The van der Waals surface area contributed by atoms with Gasteiger partial charge in [-0.25, -0.2) is 4.79 Å². The van der Waals surface area contributed by atoms with Gasteiger partial charge in [-0.05, 0) is 74.1 Å². The van der Waals surface area contributed by atoms with Gasteiger partial charge in [0.05, 0.1) is 17.2 Å². The number of carboxylic acid groups (broad SMARTS) is 1. The maximum atomic E-state index is 13.8. The van der Waals surface area contributed by atoms with Gasteiger partial charge in [-0.15, -0.1) is 0 Å². The van der Waals surface area contributed by atoms with E-state index in [0.29, 0.717) is 18.0 Å². The third-order valence-electron chi connectivity index (χ3n) is 8.19. The van der Waals surface area contributed by atoms with Crippen molar-refractivity contribution in [2.24, 2.45) is 5.92 Å². The number of hydrogen-bond donors (Lipinski definition) is 1. The Hall–Kier alpha value is -3.34. The summed E-state index contributed by atoms with van der Waals surface area (Å²) < 4.78 is 2.29. The van der Waals surface area contributed by atoms with Crippen LogP contribution in [0.2, 0.25) is 0 Å². The average Bonchev–Trinajstić information content (AvgIpc) is 3.11. The lowest BCUT2D eigenvalue weighted by molar-refractivity contribution is -0.136. The predicted octanol–water partition coefficient (Wildman–Crippen LogP) is 6.02. The zero-order valence-electron chi connectivity index (χ0n) is 20.1. The topological polar surface area (TPSA) is 62.5 Å². The molecule has 5 nitrogen and oxygen atoms in total. The van der Waals surface area contributed by atoms with Gasteiger partial charge in [-0.3, -0.25) is 4.79 Å². The molecule has 1 N–H and O–H groups in total. The molecule has 1 aliphatic carbocycles. The third kappa shape index (κ3) is 3.87. The van der Waals surface area contributed by atoms with Crippen molar-refractivity contribution in [3.63, 3.8) is 0 Å². The molecular formula is C30H32N2O3. The smallest absolute Gasteiger partial charge is 0.335 e. The molecule has 180 valence electrons. The van der Waals surface area contributed by atoms with Crippen molar-refractivity contribution in [3.05, 3.63) is 71.3 Å². The van der Waals surface area contributed by atoms with Gasteiger partial charge >= 0.3 is 5.97 Å². The summed E-state index contributed by atoms with van der Waals surface area (Å²) in [6.45, 7) is 2.28. The summed E-state index contributed by atoms with van der Waals surface area (Å²) in [6, 6.07) is 14.1. The first kappa shape index (κ1) is 22.1. The fraction of sp³-hybridized carbons (Fsp3) is 0.400. The first-order valence-electron chi connectivity index (χ1n) is 13.0. The second-order valence-corrected chi connectivity index (χ2v) is 10.3. The molecule has 0 bridgehead atoms. The maximum Gasteiger partial charge on any atom is 0.335 e. The lowest BCUT2D eigenvalue weighted by Gasteiger charge is -2.30. The van der Waals surface area contributed by atoms with E-state index in [4.69, 9.17) is 0 Å². The number of carboxylic acids is 1. The fourth-order valence-electron chi connectivity index (χ4n) is 6.48. The number of amides is 1. The molecule has 1 aromatic heterocycles. The molecule has 3 aromatic rings. The first-order valence-corrected chi connectivity index (χ1v) is 13.0. The standard InChI is InChI=1S/C30H32N2O3/c33-29(31-15-7-2-8-16-31)23-17-21-11-5-6-12-24(21)28-27(20-9-3-1-4-10-20)25-14-13-22(30(34)35)18-26(25)32(28)19-23/h1,3,5-6,11-14,18,20,23H,2,4,7-10,15-17,19H2,(H,34,35). The van der Waals surface area contributed by atoms with Crippen molar-refractivity contribution >= 4 is 22.8 Å². The SMILES string of the molecule is O=C(O)c1ccc2c(C3CC=CCC3)c3n(c2c1)CC(C(=O)N1CCCCC1)Cc1ccccc1-3. The van der Waals surface area contributed by atoms with Gasteiger partial charge < -0.3 is 14.6 Å². The number of hydrogen-bond acceptors (Lipinski definition) is 2. The summed E-state index contributed by atoms with van der Waals surface area (Å²) in [5, 5.41) is 10.9. The van der Waals surface area contributed by atoms with Crippen LogP contribution in [0.3, 0.4) is 0 Å². The third-order valence-corrected chi connectivity index (χ3v) is 8.19. The van der Waals surface area contributed by atoms with Crippen LogP contribution < -0.4 is 0 Å². The van der Waals surface area contributed by atoms with Gasteiger partial charge in [0.25, 0.3) is 0 Å². The van der Waals surface area contributed by atoms with E-state index in [2.05, 4.69) is 45.9 Å². The minimum Gasteiger partial charge on any atom is -0.478 e. The Bertz CT molecular complexity index is 1330. The summed E-state index contributed by atoms with van der Waals surface area (Å²) in [5.74, 6) is -0.444. The molecule has 0 radical (unpaired) electrons. The van der Waals surface area contributed by atoms with Crippen LogP contribution in [0.4, 0.5) is 0 Å². The number of allylic oxidation sites excluding steroid dienone is 2. The van der Waals surface area contributed by atoms with E-state index in [1.165, 1.54) is 28.8 Å². The van der Waals surface area contributed by atoms with Crippen molar-refractivity contribution in [1.82, 2.24) is 9.47 Å². The van der Waals surface area contributed by atoms with Crippen LogP contribution in [0.5, 0.6) is 0 Å². The molecule has 0 spiro atoms. The van der Waals surface area contributed by atoms with E-state index in [9.17, 15) is 14.7 Å². The van der Waals surface area contributed by atoms with Crippen molar-refractivity contribution < 1.29 is 14.7 Å². The normalized spacial score (nSPS) is 21.9. The van der Waals surface area contributed by atoms with E-state index in [-0.39, 0.29) is 11.8 Å². The number of carbonyl (C=O) groups is 2. The fourth-order valence-corrected chi connectivity index (χ4v) is 6.48. The quantitative estimate of drug-likeness (QED) is 0.479. The minimum atomic E-state index is -0.917. The van der Waals surface area contributed by atoms with E-state index in [0.717, 1.165) is 62.5 Å². The predicted molar refractivity (Wildman–Crippen MR) is 138 cm³/mol. The Morgan fingerprint density at radius 3 is 2.57 bits per heavy atom. The van der Waals surface area contributed by atoms with Gasteiger partial charge in [-0.1, -0.05) is 42.5 Å². The highest BCUT2D eigenvalue weighted by Crippen LogP contribution is 2.46. The van der Waals surface area contributed by atoms with Crippen molar-refractivity contribution in [3.8, 4) is 11.3 Å². The number of fused-ring (bicyclic) bond motifs is 5. The van der Waals surface area contributed by atoms with Gasteiger partial charge in [0, 0.05) is 36.1 Å². The Morgan fingerprint density at radius 1 is 0.971 bits per heavy atom. The number of nitrogens with zero attached hydrogens (tertiary/aromatic N) is 2. The van der Waals surface area contributed by atoms with Crippen LogP contribution in [-0.4, -0.2) is 39.5 Å². The van der Waals surface area contributed by atoms with E-state index < -0.39 is 5.97 Å². The maximum absolute atomic E-state index is 13.8. The van der Waals surface area contributed by atoms with Crippen molar-refractivity contribution in [2.45, 2.75) is 57.4 Å². The number of aromatic nitrogens is 1. The molecule has 3 heterocycles. The van der Waals surface area contributed by atoms with E-state index in [1.54, 1.807) is 6.07 Å². The Balaban J connectivity index is 1.57. The lowest BCUT2D eigenvalue weighted by Crippen LogP contribution is -2.41. The molecule has 6 rings (SSSR count). The van der Waals surface area contributed by atoms with Crippen LogP contribution in [-0.2, 0) is 17.8 Å². The van der Waals surface area contributed by atoms with Crippen LogP contribution in [0, 0.1) is 5.92 Å². The number of carbonyl (C=O) groups excluding carboxylic acids is 1. The molecule has 5 heteroatoms. The minimum absolute atomic E-state index is 0.154. The number of benzene rings is 2. The number of rotatable bonds is 3. The summed E-state index contributed by atoms with van der Waals surface area (Å²) >= 11 is 0. The highest BCUT2D eigenvalue weighted by molar-refractivity contribution is 5.99. The largest absolute Gasteiger partial charge is 0.478 e. The Labute approximate surface area is 206 Å². The van der Waals surface area contributed by atoms with Crippen LogP contribution in [0.15, 0.2) is 54.6 Å². The highest BCUT2D eigenvalue weighted by atomic mass is 16.4. The molecule has 2 atom stereocenters. The Morgan fingerprint density at radius 2 is 1.80 bits per heavy atom. The Kier molecular flexibility index (Phi) is 5.71. The zero-order chi connectivity index (χ0) is 23.9. The van der Waals surface area contributed by atoms with Gasteiger partial charge in [0.1, 0.15) is 0 Å². The van der Waals surface area contributed by atoms with Crippen LogP contribution in [0.25, 0.3) is 22.2 Å². The molecule has 2 aromatic carbocycles. The van der Waals surface area contributed by atoms with E-state index >= 15 is 0 Å². The lowest BCUT2D eigenvalue weighted by atomic mass is 9.84. The first-order chi connectivity index (χ1) is 17.1.